The number of rotatable bonds is 3. The Morgan fingerprint density at radius 1 is 0.625 bits per heavy atom. The first-order chi connectivity index (χ1) is 15.4. The average Bonchev–Trinajstić information content (AvgIpc) is 3.19. The van der Waals surface area contributed by atoms with Crippen molar-refractivity contribution in [2.75, 3.05) is 0 Å². The van der Waals surface area contributed by atoms with Crippen LogP contribution in [0.15, 0.2) is 103 Å². The smallest absolute Gasteiger partial charge is 0.139 e. The molecule has 0 unspecified atom stereocenters. The summed E-state index contributed by atoms with van der Waals surface area (Å²) in [4.78, 5) is 14.4. The minimum absolute atomic E-state index is 0. The normalized spacial score (nSPS) is 10.9. The molecule has 6 rings (SSSR count). The Morgan fingerprint density at radius 3 is 2.31 bits per heavy atom. The van der Waals surface area contributed by atoms with E-state index in [4.69, 9.17) is 9.97 Å². The van der Waals surface area contributed by atoms with Crippen molar-refractivity contribution in [3.05, 3.63) is 109 Å². The van der Waals surface area contributed by atoms with E-state index in [9.17, 15) is 0 Å². The number of pyridine rings is 3. The van der Waals surface area contributed by atoms with Gasteiger partial charge >= 0.3 is 0 Å². The first-order valence-corrected chi connectivity index (χ1v) is 10.1. The standard InChI is InChI=1S/C27H17N4.Pt/c1-2-9-19(10-3-1)22-17-16-21-20-11-4-5-14-25(20)31(27(21)30-22)26-15-8-13-24(29-26)23-12-6-7-18-28-23;/h1-9,11-18H;/q-1;. The number of benzene rings is 2. The predicted octanol–water partition coefficient (Wildman–Crippen LogP) is 6.10. The molecule has 0 aliphatic rings. The number of para-hydroxylation sites is 1. The van der Waals surface area contributed by atoms with Gasteiger partial charge in [0.2, 0.25) is 0 Å². The fraction of sp³-hybridized carbons (Fsp3) is 0. The van der Waals surface area contributed by atoms with Gasteiger partial charge in [0.25, 0.3) is 0 Å². The molecule has 0 aliphatic heterocycles. The van der Waals surface area contributed by atoms with E-state index in [0.717, 1.165) is 50.4 Å². The molecule has 0 N–H and O–H groups in total. The van der Waals surface area contributed by atoms with E-state index in [1.807, 2.05) is 66.7 Å². The van der Waals surface area contributed by atoms with Crippen LogP contribution in [0.4, 0.5) is 0 Å². The van der Waals surface area contributed by atoms with Gasteiger partial charge in [-0.3, -0.25) is 14.5 Å². The summed E-state index contributed by atoms with van der Waals surface area (Å²) in [5.41, 5.74) is 5.48. The maximum absolute atomic E-state index is 5.04. The van der Waals surface area contributed by atoms with Gasteiger partial charge in [0.15, 0.2) is 0 Å². The van der Waals surface area contributed by atoms with E-state index >= 15 is 0 Å². The Morgan fingerprint density at radius 2 is 1.47 bits per heavy atom. The van der Waals surface area contributed by atoms with Crippen LogP contribution < -0.4 is 0 Å². The molecule has 0 saturated carbocycles. The van der Waals surface area contributed by atoms with Crippen molar-refractivity contribution in [2.24, 2.45) is 0 Å². The van der Waals surface area contributed by atoms with Crippen LogP contribution in [-0.2, 0) is 21.1 Å². The number of aromatic nitrogens is 4. The fourth-order valence-electron chi connectivity index (χ4n) is 3.98. The maximum atomic E-state index is 5.04. The van der Waals surface area contributed by atoms with Crippen LogP contribution in [0, 0.1) is 6.07 Å². The summed E-state index contributed by atoms with van der Waals surface area (Å²) in [6.07, 6.45) is 1.79. The number of hydrogen-bond donors (Lipinski definition) is 0. The van der Waals surface area contributed by atoms with Crippen molar-refractivity contribution in [1.29, 1.82) is 0 Å². The van der Waals surface area contributed by atoms with Gasteiger partial charge in [-0.25, -0.2) is 4.98 Å². The zero-order chi connectivity index (χ0) is 20.6. The fourth-order valence-corrected chi connectivity index (χ4v) is 3.98. The van der Waals surface area contributed by atoms with Gasteiger partial charge in [-0.05, 0) is 36.0 Å². The first kappa shape index (κ1) is 20.3. The third-order valence-electron chi connectivity index (χ3n) is 5.40. The second-order valence-corrected chi connectivity index (χ2v) is 7.29. The Balaban J connectivity index is 0.00000216. The first-order valence-electron chi connectivity index (χ1n) is 10.1. The monoisotopic (exact) mass is 592 g/mol. The van der Waals surface area contributed by atoms with Gasteiger partial charge in [0.1, 0.15) is 11.5 Å². The molecule has 0 radical (unpaired) electrons. The van der Waals surface area contributed by atoms with Crippen LogP contribution in [0.3, 0.4) is 0 Å². The zero-order valence-corrected chi connectivity index (χ0v) is 19.2. The zero-order valence-electron chi connectivity index (χ0n) is 16.9. The third-order valence-corrected chi connectivity index (χ3v) is 5.40. The van der Waals surface area contributed by atoms with Gasteiger partial charge in [0.05, 0.1) is 16.9 Å². The Bertz CT molecular complexity index is 1530. The van der Waals surface area contributed by atoms with Crippen molar-refractivity contribution in [1.82, 2.24) is 19.5 Å². The molecule has 4 aromatic heterocycles. The topological polar surface area (TPSA) is 43.6 Å². The van der Waals surface area contributed by atoms with Crippen LogP contribution in [0.25, 0.3) is 50.4 Å². The largest absolute Gasteiger partial charge is 0.280 e. The van der Waals surface area contributed by atoms with Crippen molar-refractivity contribution in [2.45, 2.75) is 0 Å². The van der Waals surface area contributed by atoms with Crippen LogP contribution in [0.2, 0.25) is 0 Å². The molecule has 0 amide bonds. The summed E-state index contributed by atoms with van der Waals surface area (Å²) in [5.74, 6) is 0.816. The van der Waals surface area contributed by atoms with E-state index in [1.165, 1.54) is 0 Å². The van der Waals surface area contributed by atoms with E-state index < -0.39 is 0 Å². The molecule has 156 valence electrons. The Labute approximate surface area is 199 Å². The van der Waals surface area contributed by atoms with Crippen molar-refractivity contribution < 1.29 is 21.1 Å². The SMILES string of the molecule is [Pt].[c-]1ccccc1-c1ccc2c3ccccc3n(-c3cccc(-c4ccccn4)n3)c2n1. The van der Waals surface area contributed by atoms with Gasteiger partial charge in [-0.2, -0.15) is 0 Å². The van der Waals surface area contributed by atoms with E-state index in [-0.39, 0.29) is 21.1 Å². The van der Waals surface area contributed by atoms with Gasteiger partial charge in [-0.1, -0.05) is 42.5 Å². The summed E-state index contributed by atoms with van der Waals surface area (Å²) in [7, 11) is 0. The third kappa shape index (κ3) is 3.43. The van der Waals surface area contributed by atoms with E-state index in [0.29, 0.717) is 0 Å². The summed E-state index contributed by atoms with van der Waals surface area (Å²) in [5, 5.41) is 2.25. The number of nitrogens with zero attached hydrogens (tertiary/aromatic N) is 4. The quantitative estimate of drug-likeness (QED) is 0.234. The van der Waals surface area contributed by atoms with Gasteiger partial charge < -0.3 is 0 Å². The van der Waals surface area contributed by atoms with Crippen molar-refractivity contribution >= 4 is 21.9 Å². The molecular weight excluding hydrogens is 575 g/mol. The van der Waals surface area contributed by atoms with Crippen LogP contribution in [0.5, 0.6) is 0 Å². The van der Waals surface area contributed by atoms with Gasteiger partial charge in [-0.15, -0.1) is 35.9 Å². The summed E-state index contributed by atoms with van der Waals surface area (Å²) in [6, 6.07) is 35.6. The summed E-state index contributed by atoms with van der Waals surface area (Å²) < 4.78 is 2.13. The molecule has 0 bridgehead atoms. The minimum Gasteiger partial charge on any atom is -0.280 e. The second kappa shape index (κ2) is 8.49. The number of fused-ring (bicyclic) bond motifs is 3. The van der Waals surface area contributed by atoms with E-state index in [2.05, 4.69) is 45.9 Å². The molecule has 4 nitrogen and oxygen atoms in total. The Hall–Kier alpha value is -3.62. The predicted molar refractivity (Wildman–Crippen MR) is 124 cm³/mol. The molecule has 2 aromatic carbocycles. The molecule has 5 heteroatoms. The maximum Gasteiger partial charge on any atom is 0.139 e. The van der Waals surface area contributed by atoms with Crippen molar-refractivity contribution in [3.63, 3.8) is 0 Å². The molecule has 4 heterocycles. The Kier molecular flexibility index (Phi) is 5.38. The molecule has 0 spiro atoms. The second-order valence-electron chi connectivity index (χ2n) is 7.29. The molecule has 0 atom stereocenters. The summed E-state index contributed by atoms with van der Waals surface area (Å²) >= 11 is 0. The van der Waals surface area contributed by atoms with Gasteiger partial charge in [0, 0.05) is 38.0 Å². The van der Waals surface area contributed by atoms with E-state index in [1.54, 1.807) is 6.20 Å². The summed E-state index contributed by atoms with van der Waals surface area (Å²) in [6.45, 7) is 0. The van der Waals surface area contributed by atoms with Crippen LogP contribution in [0.1, 0.15) is 0 Å². The van der Waals surface area contributed by atoms with Crippen LogP contribution in [-0.4, -0.2) is 19.5 Å². The van der Waals surface area contributed by atoms with Crippen molar-refractivity contribution in [3.8, 4) is 28.5 Å². The number of hydrogen-bond acceptors (Lipinski definition) is 3. The molecule has 0 fully saturated rings. The molecule has 0 aliphatic carbocycles. The molecule has 6 aromatic rings. The molecule has 32 heavy (non-hydrogen) atoms. The van der Waals surface area contributed by atoms with Crippen LogP contribution >= 0.6 is 0 Å². The average molecular weight is 593 g/mol. The molecule has 0 saturated heterocycles. The molecular formula is C27H17N4Pt-. The minimum atomic E-state index is 0.